The largest absolute Gasteiger partial charge is 0.489 e. The molecule has 6 nitrogen and oxygen atoms in total. The molecule has 0 atom stereocenters. The summed E-state index contributed by atoms with van der Waals surface area (Å²) in [5, 5.41) is 9.97. The van der Waals surface area contributed by atoms with E-state index in [-0.39, 0.29) is 6.61 Å². The Balaban J connectivity index is 1.74. The van der Waals surface area contributed by atoms with Gasteiger partial charge in [0, 0.05) is 11.7 Å². The highest BCUT2D eigenvalue weighted by atomic mass is 35.5. The van der Waals surface area contributed by atoms with Gasteiger partial charge in [-0.25, -0.2) is 4.98 Å². The van der Waals surface area contributed by atoms with Gasteiger partial charge in [0.2, 0.25) is 0 Å². The Morgan fingerprint density at radius 3 is 2.45 bits per heavy atom. The molecule has 0 saturated heterocycles. The van der Waals surface area contributed by atoms with Crippen LogP contribution < -0.4 is 14.2 Å². The third kappa shape index (κ3) is 6.23. The molecule has 3 aromatic rings. The summed E-state index contributed by atoms with van der Waals surface area (Å²) in [6.07, 6.45) is 5.29. The summed E-state index contributed by atoms with van der Waals surface area (Å²) in [6.45, 7) is 4.76. The maximum absolute atomic E-state index is 9.58. The predicted octanol–water partition coefficient (Wildman–Crippen LogP) is 6.21. The molecule has 0 saturated carbocycles. The van der Waals surface area contributed by atoms with E-state index < -0.39 is 5.41 Å². The van der Waals surface area contributed by atoms with E-state index in [9.17, 15) is 5.26 Å². The Bertz CT molecular complexity index is 1120. The molecule has 1 N–H and O–H groups in total. The summed E-state index contributed by atoms with van der Waals surface area (Å²) in [4.78, 5) is 8.62. The second kappa shape index (κ2) is 11.5. The van der Waals surface area contributed by atoms with Crippen molar-refractivity contribution in [1.82, 2.24) is 9.97 Å². The molecule has 9 heteroatoms. The van der Waals surface area contributed by atoms with Crippen molar-refractivity contribution in [3.63, 3.8) is 0 Å². The lowest BCUT2D eigenvalue weighted by Crippen LogP contribution is -2.19. The molecule has 0 bridgehead atoms. The van der Waals surface area contributed by atoms with Crippen molar-refractivity contribution in [2.75, 3.05) is 23.5 Å². The molecule has 0 radical (unpaired) electrons. The zero-order chi connectivity index (χ0) is 23.8. The maximum atomic E-state index is 9.58. The summed E-state index contributed by atoms with van der Waals surface area (Å²) >= 11 is 13.6. The topological polar surface area (TPSA) is 80.1 Å². The van der Waals surface area contributed by atoms with E-state index in [0.717, 1.165) is 22.6 Å². The van der Waals surface area contributed by atoms with Gasteiger partial charge in [-0.1, -0.05) is 49.5 Å². The fourth-order valence-electron chi connectivity index (χ4n) is 3.20. The number of benzene rings is 2. The number of anilines is 1. The number of rotatable bonds is 10. The third-order valence-corrected chi connectivity index (χ3v) is 5.93. The van der Waals surface area contributed by atoms with Crippen LogP contribution in [0.3, 0.4) is 0 Å². The Labute approximate surface area is 208 Å². The Morgan fingerprint density at radius 1 is 1.09 bits per heavy atom. The number of alkyl halides is 1. The monoisotopic (exact) mass is 502 g/mol. The summed E-state index contributed by atoms with van der Waals surface area (Å²) in [7, 11) is 0. The molecule has 2 aromatic carbocycles. The van der Waals surface area contributed by atoms with Crippen molar-refractivity contribution >= 4 is 41.0 Å². The Kier molecular flexibility index (Phi) is 8.67. The van der Waals surface area contributed by atoms with E-state index in [0.29, 0.717) is 34.6 Å². The first-order valence-electron chi connectivity index (χ1n) is 10.1. The van der Waals surface area contributed by atoms with E-state index in [2.05, 4.69) is 34.6 Å². The van der Waals surface area contributed by atoms with E-state index in [1.807, 2.05) is 42.7 Å². The molecule has 0 unspecified atom stereocenters. The quantitative estimate of drug-likeness (QED) is 0.260. The van der Waals surface area contributed by atoms with Crippen molar-refractivity contribution in [3.8, 4) is 17.6 Å². The average Bonchev–Trinajstić information content (AvgIpc) is 2.83. The van der Waals surface area contributed by atoms with E-state index >= 15 is 0 Å². The predicted molar refractivity (Wildman–Crippen MR) is 134 cm³/mol. The van der Waals surface area contributed by atoms with Crippen molar-refractivity contribution in [3.05, 3.63) is 76.2 Å². The van der Waals surface area contributed by atoms with Crippen LogP contribution in [0.25, 0.3) is 0 Å². The highest BCUT2D eigenvalue weighted by Crippen LogP contribution is 2.38. The third-order valence-electron chi connectivity index (χ3n) is 5.08. The molecular weight excluding hydrogens is 479 g/mol. The summed E-state index contributed by atoms with van der Waals surface area (Å²) in [5.41, 5.74) is 2.68. The summed E-state index contributed by atoms with van der Waals surface area (Å²) in [6, 6.07) is 13.7. The van der Waals surface area contributed by atoms with Gasteiger partial charge >= 0.3 is 0 Å². The van der Waals surface area contributed by atoms with Crippen LogP contribution in [0.4, 0.5) is 5.82 Å². The van der Waals surface area contributed by atoms with Gasteiger partial charge in [0.1, 0.15) is 25.0 Å². The van der Waals surface area contributed by atoms with Crippen LogP contribution >= 0.6 is 35.1 Å². The number of ether oxygens (including phenoxy) is 2. The number of aromatic nitrogens is 2. The van der Waals surface area contributed by atoms with Crippen LogP contribution in [0.1, 0.15) is 36.2 Å². The minimum atomic E-state index is -0.398. The molecule has 0 fully saturated rings. The first-order valence-corrected chi connectivity index (χ1v) is 12.3. The first-order chi connectivity index (χ1) is 15.9. The van der Waals surface area contributed by atoms with Crippen molar-refractivity contribution in [1.29, 1.82) is 5.26 Å². The normalized spacial score (nSPS) is 11.0. The molecule has 0 amide bonds. The zero-order valence-corrected chi connectivity index (χ0v) is 20.9. The van der Waals surface area contributed by atoms with Crippen molar-refractivity contribution in [2.45, 2.75) is 25.9 Å². The van der Waals surface area contributed by atoms with Crippen molar-refractivity contribution < 1.29 is 9.47 Å². The van der Waals surface area contributed by atoms with Crippen LogP contribution in [0.2, 0.25) is 5.02 Å². The molecule has 0 aliphatic rings. The molecule has 0 aliphatic carbocycles. The van der Waals surface area contributed by atoms with E-state index in [1.54, 1.807) is 12.4 Å². The van der Waals surface area contributed by atoms with E-state index in [1.165, 1.54) is 11.9 Å². The standard InChI is InChI=1S/C24H24Cl2N4O2S/c1-24(2,18-10-16(12-27)23(21(26)11-18)31-9-8-25)17-4-6-20(7-5-17)32-15-19-13-29-22(14-28-19)30-33-3/h4-7,10-11,13-14H,8-9,15H2,1-3H3,(H,29,30). The fraction of sp³-hybridized carbons (Fsp3) is 0.292. The molecule has 3 rings (SSSR count). The van der Waals surface area contributed by atoms with Gasteiger partial charge < -0.3 is 14.2 Å². The van der Waals surface area contributed by atoms with Crippen LogP contribution in [0.5, 0.6) is 11.5 Å². The summed E-state index contributed by atoms with van der Waals surface area (Å²) in [5.74, 6) is 2.11. The smallest absolute Gasteiger partial charge is 0.155 e. The summed E-state index contributed by atoms with van der Waals surface area (Å²) < 4.78 is 14.4. The van der Waals surface area contributed by atoms with Gasteiger partial charge in [0.05, 0.1) is 34.6 Å². The lowest BCUT2D eigenvalue weighted by molar-refractivity contribution is 0.300. The minimum absolute atomic E-state index is 0.282. The van der Waals surface area contributed by atoms with Gasteiger partial charge in [-0.05, 0) is 35.4 Å². The number of halogens is 2. The van der Waals surface area contributed by atoms with Crippen LogP contribution in [-0.2, 0) is 12.0 Å². The van der Waals surface area contributed by atoms with Crippen molar-refractivity contribution in [2.24, 2.45) is 0 Å². The molecule has 0 spiro atoms. The SMILES string of the molecule is CSNc1cnc(COc2ccc(C(C)(C)c3cc(Cl)c(OCCCl)c(C#N)c3)cc2)cn1. The number of nitriles is 1. The minimum Gasteiger partial charge on any atom is -0.489 e. The molecule has 172 valence electrons. The lowest BCUT2D eigenvalue weighted by atomic mass is 9.77. The maximum Gasteiger partial charge on any atom is 0.155 e. The zero-order valence-electron chi connectivity index (χ0n) is 18.6. The molecule has 1 heterocycles. The van der Waals surface area contributed by atoms with Crippen LogP contribution in [-0.4, -0.2) is 28.7 Å². The number of nitrogens with one attached hydrogen (secondary N) is 1. The first kappa shape index (κ1) is 25.0. The second-order valence-electron chi connectivity index (χ2n) is 7.62. The van der Waals surface area contributed by atoms with Crippen LogP contribution in [0.15, 0.2) is 48.8 Å². The second-order valence-corrected chi connectivity index (χ2v) is 9.02. The Morgan fingerprint density at radius 2 is 1.85 bits per heavy atom. The van der Waals surface area contributed by atoms with Gasteiger partial charge in [0.25, 0.3) is 0 Å². The molecule has 33 heavy (non-hydrogen) atoms. The number of hydrogen-bond donors (Lipinski definition) is 1. The number of hydrogen-bond acceptors (Lipinski definition) is 7. The number of nitrogens with zero attached hydrogens (tertiary/aromatic N) is 3. The van der Waals surface area contributed by atoms with E-state index in [4.69, 9.17) is 32.7 Å². The van der Waals surface area contributed by atoms with Gasteiger partial charge in [-0.15, -0.1) is 11.6 Å². The Hall–Kier alpha value is -2.66. The van der Waals surface area contributed by atoms with Gasteiger partial charge in [-0.2, -0.15) is 5.26 Å². The highest BCUT2D eigenvalue weighted by Gasteiger charge is 2.26. The fourth-order valence-corrected chi connectivity index (χ4v) is 3.87. The molecular formula is C24H24Cl2N4O2S. The van der Waals surface area contributed by atoms with Gasteiger partial charge in [-0.3, -0.25) is 4.98 Å². The van der Waals surface area contributed by atoms with Crippen LogP contribution in [0, 0.1) is 11.3 Å². The van der Waals surface area contributed by atoms with Gasteiger partial charge in [0.15, 0.2) is 11.6 Å². The average molecular weight is 503 g/mol. The molecule has 0 aliphatic heterocycles. The highest BCUT2D eigenvalue weighted by molar-refractivity contribution is 7.99. The lowest BCUT2D eigenvalue weighted by Gasteiger charge is -2.27. The molecule has 1 aromatic heterocycles.